The van der Waals surface area contributed by atoms with Crippen LogP contribution in [0.4, 0.5) is 0 Å². The van der Waals surface area contributed by atoms with E-state index in [4.69, 9.17) is 0 Å². The molecule has 3 amide bonds. The normalized spacial score (nSPS) is 22.9. The standard InChI is InChI=1S/C29H40N6O4S/c1-18-24(40-17-32-18)20-7-5-19(6-8-20)10-31-26(38)22-9-21(36)11-35(22)27(39)25(28(2,3)4)33-23(37)12-34-15-29(16-34)13-30-14-29/h5-8,17,21-22,25,30,36H,9-16H2,1-4H3,(H,31,38)(H,33,37)/t21-,22+,25-/m1/s1. The van der Waals surface area contributed by atoms with E-state index in [2.05, 4.69) is 25.8 Å². The average molecular weight is 569 g/mol. The minimum absolute atomic E-state index is 0.0594. The number of nitrogens with one attached hydrogen (secondary N) is 3. The quantitative estimate of drug-likeness (QED) is 0.376. The second-order valence-electron chi connectivity index (χ2n) is 12.7. The molecule has 1 aromatic heterocycles. The van der Waals surface area contributed by atoms with E-state index in [1.807, 2.05) is 57.5 Å². The van der Waals surface area contributed by atoms with Crippen molar-refractivity contribution in [1.29, 1.82) is 0 Å². The van der Waals surface area contributed by atoms with Crippen molar-refractivity contribution in [1.82, 2.24) is 30.7 Å². The molecular weight excluding hydrogens is 528 g/mol. The van der Waals surface area contributed by atoms with Gasteiger partial charge >= 0.3 is 0 Å². The number of likely N-dealkylation sites (tertiary alicyclic amines) is 2. The molecule has 10 nitrogen and oxygen atoms in total. The number of carbonyl (C=O) groups is 3. The number of nitrogens with zero attached hydrogens (tertiary/aromatic N) is 3. The van der Waals surface area contributed by atoms with Crippen molar-refractivity contribution in [3.8, 4) is 10.4 Å². The van der Waals surface area contributed by atoms with Crippen LogP contribution in [0.2, 0.25) is 0 Å². The van der Waals surface area contributed by atoms with Crippen LogP contribution in [0.5, 0.6) is 0 Å². The summed E-state index contributed by atoms with van der Waals surface area (Å²) in [4.78, 5) is 48.9. The summed E-state index contributed by atoms with van der Waals surface area (Å²) in [5.41, 5.74) is 4.56. The Bertz CT molecular complexity index is 1240. The maximum Gasteiger partial charge on any atom is 0.246 e. The number of aryl methyl sites for hydroxylation is 1. The van der Waals surface area contributed by atoms with Gasteiger partial charge in [0.25, 0.3) is 0 Å². The monoisotopic (exact) mass is 568 g/mol. The van der Waals surface area contributed by atoms with Gasteiger partial charge in [0, 0.05) is 51.1 Å². The summed E-state index contributed by atoms with van der Waals surface area (Å²) in [5.74, 6) is -0.857. The zero-order chi connectivity index (χ0) is 28.7. The lowest BCUT2D eigenvalue weighted by Crippen LogP contribution is -2.72. The molecule has 3 saturated heterocycles. The molecule has 3 aliphatic heterocycles. The number of benzene rings is 1. The molecule has 3 fully saturated rings. The van der Waals surface area contributed by atoms with Gasteiger partial charge in [-0.25, -0.2) is 4.98 Å². The number of amides is 3. The number of aromatic nitrogens is 1. The van der Waals surface area contributed by atoms with Gasteiger partial charge in [0.15, 0.2) is 0 Å². The Morgan fingerprint density at radius 2 is 1.90 bits per heavy atom. The molecule has 2 aromatic rings. The molecule has 3 atom stereocenters. The lowest BCUT2D eigenvalue weighted by Gasteiger charge is -2.56. The van der Waals surface area contributed by atoms with Crippen molar-refractivity contribution in [3.63, 3.8) is 0 Å². The number of β-amino-alcohol motifs (C(OH)–C–C–N with tert-alkyl or cyclic N) is 1. The highest BCUT2D eigenvalue weighted by Gasteiger charge is 2.48. The Hall–Kier alpha value is -2.86. The minimum atomic E-state index is -0.816. The molecule has 40 heavy (non-hydrogen) atoms. The van der Waals surface area contributed by atoms with E-state index in [-0.39, 0.29) is 37.2 Å². The van der Waals surface area contributed by atoms with Crippen molar-refractivity contribution in [2.45, 2.75) is 58.8 Å². The highest BCUT2D eigenvalue weighted by molar-refractivity contribution is 7.13. The summed E-state index contributed by atoms with van der Waals surface area (Å²) in [7, 11) is 0. The molecule has 216 valence electrons. The van der Waals surface area contributed by atoms with E-state index in [0.29, 0.717) is 12.0 Å². The van der Waals surface area contributed by atoms with Gasteiger partial charge < -0.3 is 26.0 Å². The van der Waals surface area contributed by atoms with Gasteiger partial charge in [-0.3, -0.25) is 19.3 Å². The molecule has 0 unspecified atom stereocenters. The first-order valence-electron chi connectivity index (χ1n) is 13.9. The Morgan fingerprint density at radius 3 is 2.48 bits per heavy atom. The van der Waals surface area contributed by atoms with Crippen LogP contribution in [0.3, 0.4) is 0 Å². The SMILES string of the molecule is Cc1ncsc1-c1ccc(CNC(=O)[C@@H]2C[C@@H](O)CN2C(=O)[C@@H](NC(=O)CN2CC3(CNC3)C2)C(C)(C)C)cc1. The van der Waals surface area contributed by atoms with Crippen LogP contribution in [0.25, 0.3) is 10.4 Å². The Kier molecular flexibility index (Phi) is 8.02. The number of hydrogen-bond acceptors (Lipinski definition) is 8. The topological polar surface area (TPSA) is 127 Å². The zero-order valence-electron chi connectivity index (χ0n) is 23.7. The second kappa shape index (κ2) is 11.2. The maximum absolute atomic E-state index is 13.8. The third kappa shape index (κ3) is 6.07. The van der Waals surface area contributed by atoms with Gasteiger partial charge in [-0.15, -0.1) is 11.3 Å². The van der Waals surface area contributed by atoms with Crippen LogP contribution in [-0.2, 0) is 20.9 Å². The van der Waals surface area contributed by atoms with E-state index in [0.717, 1.165) is 47.9 Å². The number of thiazole rings is 1. The number of aliphatic hydroxyl groups is 1. The van der Waals surface area contributed by atoms with E-state index >= 15 is 0 Å². The Labute approximate surface area is 239 Å². The summed E-state index contributed by atoms with van der Waals surface area (Å²) in [5, 5.41) is 19.6. The summed E-state index contributed by atoms with van der Waals surface area (Å²) in [6, 6.07) is 6.34. The van der Waals surface area contributed by atoms with Crippen LogP contribution in [0.15, 0.2) is 29.8 Å². The predicted octanol–water partition coefficient (Wildman–Crippen LogP) is 1.13. The van der Waals surface area contributed by atoms with Crippen molar-refractivity contribution < 1.29 is 19.5 Å². The first-order valence-corrected chi connectivity index (χ1v) is 14.8. The van der Waals surface area contributed by atoms with Gasteiger partial charge in [-0.1, -0.05) is 45.0 Å². The Balaban J connectivity index is 1.19. The molecule has 11 heteroatoms. The smallest absolute Gasteiger partial charge is 0.246 e. The van der Waals surface area contributed by atoms with Crippen LogP contribution in [0, 0.1) is 17.8 Å². The van der Waals surface area contributed by atoms with Crippen molar-refractivity contribution in [3.05, 3.63) is 41.0 Å². The van der Waals surface area contributed by atoms with Gasteiger partial charge in [0.2, 0.25) is 17.7 Å². The van der Waals surface area contributed by atoms with Gasteiger partial charge in [0.05, 0.1) is 28.7 Å². The van der Waals surface area contributed by atoms with Crippen LogP contribution >= 0.6 is 11.3 Å². The third-order valence-corrected chi connectivity index (χ3v) is 9.17. The Morgan fingerprint density at radius 1 is 1.20 bits per heavy atom. The first-order chi connectivity index (χ1) is 18.9. The molecule has 5 rings (SSSR count). The molecule has 1 spiro atoms. The first kappa shape index (κ1) is 28.7. The van der Waals surface area contributed by atoms with Crippen molar-refractivity contribution >= 4 is 29.1 Å². The number of hydrogen-bond donors (Lipinski definition) is 4. The fourth-order valence-corrected chi connectivity index (χ4v) is 6.72. The highest BCUT2D eigenvalue weighted by Crippen LogP contribution is 2.34. The fraction of sp³-hybridized carbons (Fsp3) is 0.586. The molecule has 0 aliphatic carbocycles. The second-order valence-corrected chi connectivity index (χ2v) is 13.5. The molecule has 4 N–H and O–H groups in total. The third-order valence-electron chi connectivity index (χ3n) is 8.20. The molecule has 3 aliphatic rings. The molecule has 0 radical (unpaired) electrons. The molecule has 1 aromatic carbocycles. The molecule has 4 heterocycles. The lowest BCUT2D eigenvalue weighted by atomic mass is 9.74. The number of aliphatic hydroxyl groups excluding tert-OH is 1. The van der Waals surface area contributed by atoms with Crippen LogP contribution < -0.4 is 16.0 Å². The lowest BCUT2D eigenvalue weighted by molar-refractivity contribution is -0.144. The molecule has 0 saturated carbocycles. The summed E-state index contributed by atoms with van der Waals surface area (Å²) < 4.78 is 0. The number of carbonyl (C=O) groups excluding carboxylic acids is 3. The van der Waals surface area contributed by atoms with Gasteiger partial charge in [0.1, 0.15) is 12.1 Å². The minimum Gasteiger partial charge on any atom is -0.391 e. The maximum atomic E-state index is 13.8. The molecular formula is C29H40N6O4S. The van der Waals surface area contributed by atoms with E-state index in [1.165, 1.54) is 4.90 Å². The van der Waals surface area contributed by atoms with Crippen molar-refractivity contribution in [2.24, 2.45) is 10.8 Å². The van der Waals surface area contributed by atoms with Gasteiger partial charge in [-0.05, 0) is 23.5 Å². The summed E-state index contributed by atoms with van der Waals surface area (Å²) in [6.07, 6.45) is -0.637. The predicted molar refractivity (Wildman–Crippen MR) is 153 cm³/mol. The molecule has 0 bridgehead atoms. The zero-order valence-corrected chi connectivity index (χ0v) is 24.5. The van der Waals surface area contributed by atoms with E-state index < -0.39 is 23.6 Å². The van der Waals surface area contributed by atoms with Crippen LogP contribution in [-0.4, -0.2) is 95.1 Å². The summed E-state index contributed by atoms with van der Waals surface area (Å²) >= 11 is 1.59. The van der Waals surface area contributed by atoms with Crippen molar-refractivity contribution in [2.75, 3.05) is 39.3 Å². The van der Waals surface area contributed by atoms with E-state index in [1.54, 1.807) is 11.3 Å². The highest BCUT2D eigenvalue weighted by atomic mass is 32.1. The largest absolute Gasteiger partial charge is 0.391 e. The number of rotatable bonds is 8. The van der Waals surface area contributed by atoms with E-state index in [9.17, 15) is 19.5 Å². The van der Waals surface area contributed by atoms with Gasteiger partial charge in [-0.2, -0.15) is 0 Å². The fourth-order valence-electron chi connectivity index (χ4n) is 5.91. The average Bonchev–Trinajstić information content (AvgIpc) is 3.46. The summed E-state index contributed by atoms with van der Waals surface area (Å²) in [6.45, 7) is 12.0. The van der Waals surface area contributed by atoms with Crippen LogP contribution in [0.1, 0.15) is 38.4 Å².